The first kappa shape index (κ1) is 66.2. The lowest BCUT2D eigenvalue weighted by atomic mass is 9.78. The van der Waals surface area contributed by atoms with Crippen molar-refractivity contribution < 1.29 is 28.2 Å². The fraction of sp³-hybridized carbons (Fsp3) is 0.844. The number of nitrogens with zero attached hydrogens (tertiary/aromatic N) is 1. The van der Waals surface area contributed by atoms with Crippen LogP contribution in [0, 0.1) is 11.8 Å². The van der Waals surface area contributed by atoms with Crippen LogP contribution < -0.4 is 21.3 Å². The summed E-state index contributed by atoms with van der Waals surface area (Å²) in [6, 6.07) is -0.611. The molecule has 11 nitrogen and oxygen atoms in total. The molecule has 0 bridgehead atoms. The van der Waals surface area contributed by atoms with Crippen LogP contribution >= 0.6 is 0 Å². The Hall–Kier alpha value is -2.60. The second-order valence-corrected chi connectivity index (χ2v) is 15.6. The maximum absolute atomic E-state index is 12.3. The third kappa shape index (κ3) is 34.0. The lowest BCUT2D eigenvalue weighted by Crippen LogP contribution is -2.56. The topological polar surface area (TPSA) is 154 Å². The maximum Gasteiger partial charge on any atom is 0.289 e. The molecule has 57 heavy (non-hydrogen) atoms. The zero-order valence-electron chi connectivity index (χ0n) is 40.3. The van der Waals surface area contributed by atoms with E-state index in [0.717, 1.165) is 63.0 Å². The van der Waals surface area contributed by atoms with Gasteiger partial charge >= 0.3 is 0 Å². The van der Waals surface area contributed by atoms with Crippen molar-refractivity contribution in [1.82, 2.24) is 26.2 Å². The molecule has 0 spiro atoms. The minimum Gasteiger partial charge on any atom is -0.352 e. The van der Waals surface area contributed by atoms with Crippen molar-refractivity contribution >= 4 is 40.7 Å². The van der Waals surface area contributed by atoms with Gasteiger partial charge in [-0.1, -0.05) is 155 Å². The van der Waals surface area contributed by atoms with Gasteiger partial charge in [-0.2, -0.15) is 0 Å². The SMILES string of the molecule is C=CCNC(=O)C(=O)CNC(=O)C1C(C)CCN1C(=O)CNC.CC.CC.CC.CC(C)C.CCC.CCCC.CCCS(=O)C(CC)C1(NC=O)CCCCC1. The van der Waals surface area contributed by atoms with Crippen LogP contribution in [0.5, 0.6) is 0 Å². The summed E-state index contributed by atoms with van der Waals surface area (Å²) in [5.74, 6) is -0.496. The molecule has 1 heterocycles. The summed E-state index contributed by atoms with van der Waals surface area (Å²) in [5.41, 5.74) is -0.200. The van der Waals surface area contributed by atoms with Crippen LogP contribution in [0.25, 0.3) is 0 Å². The molecule has 4 unspecified atom stereocenters. The number of Topliss-reactive ketones (excluding diaryl/α,β-unsaturated/α-hetero) is 1. The van der Waals surface area contributed by atoms with Crippen molar-refractivity contribution in [2.24, 2.45) is 11.8 Å². The molecule has 1 saturated heterocycles. The largest absolute Gasteiger partial charge is 0.352 e. The number of nitrogens with one attached hydrogen (secondary N) is 4. The van der Waals surface area contributed by atoms with Gasteiger partial charge in [-0.25, -0.2) is 0 Å². The van der Waals surface area contributed by atoms with Gasteiger partial charge in [0.25, 0.3) is 5.91 Å². The third-order valence-corrected chi connectivity index (χ3v) is 10.2. The number of hydrogen-bond donors (Lipinski definition) is 4. The number of rotatable bonds is 16. The number of likely N-dealkylation sites (tertiary alicyclic amines) is 1. The summed E-state index contributed by atoms with van der Waals surface area (Å²) < 4.78 is 12.3. The highest BCUT2D eigenvalue weighted by Crippen LogP contribution is 2.34. The van der Waals surface area contributed by atoms with Crippen molar-refractivity contribution in [1.29, 1.82) is 0 Å². The van der Waals surface area contributed by atoms with Gasteiger partial charge in [0.05, 0.1) is 23.9 Å². The molecule has 0 radical (unpaired) electrons. The number of hydrogen-bond acceptors (Lipinski definition) is 7. The summed E-state index contributed by atoms with van der Waals surface area (Å²) in [5, 5.41) is 10.7. The Balaban J connectivity index is -0.000000167. The molecule has 342 valence electrons. The van der Waals surface area contributed by atoms with E-state index in [4.69, 9.17) is 0 Å². The highest BCUT2D eigenvalue weighted by atomic mass is 32.2. The Morgan fingerprint density at radius 2 is 1.33 bits per heavy atom. The molecular weight excluding hydrogens is 739 g/mol. The molecule has 0 aromatic rings. The molecule has 1 aliphatic heterocycles. The van der Waals surface area contributed by atoms with Crippen LogP contribution in [0.15, 0.2) is 12.7 Å². The lowest BCUT2D eigenvalue weighted by molar-refractivity contribution is -0.140. The zero-order chi connectivity index (χ0) is 45.8. The maximum atomic E-state index is 12.3. The molecule has 4 amide bonds. The van der Waals surface area contributed by atoms with Gasteiger partial charge in [-0.05, 0) is 51.0 Å². The van der Waals surface area contributed by atoms with Gasteiger partial charge in [-0.3, -0.25) is 28.2 Å². The summed E-state index contributed by atoms with van der Waals surface area (Å²) in [6.07, 6.45) is 14.2. The molecular formula is C45H95N5O6S. The Bertz CT molecular complexity index is 985. The van der Waals surface area contributed by atoms with Crippen LogP contribution in [0.2, 0.25) is 0 Å². The van der Waals surface area contributed by atoms with E-state index in [0.29, 0.717) is 6.54 Å². The molecule has 2 fully saturated rings. The van der Waals surface area contributed by atoms with E-state index in [1.54, 1.807) is 7.05 Å². The minimum atomic E-state index is -0.818. The summed E-state index contributed by atoms with van der Waals surface area (Å²) >= 11 is 0. The Labute approximate surface area is 355 Å². The standard InChI is InChI=1S/C15H24N4O4.C13H25NO2S.2C4H10.C3H8.3C2H6/c1-4-6-17-14(22)11(20)8-18-15(23)13-10(2)5-7-19(13)12(21)9-16-3;1-3-10-17(16)12(4-2)13(14-11-15)8-6-5-7-9-13;1-4(2)3;1-3-4-2;1-3-2;3*1-2/h4,10,13,16H,1,5-9H2,2-3H3,(H,17,22)(H,18,23);11-12H,3-10H2,1-2H3,(H,14,15);4H,1-3H3;3-4H2,1-2H3;3H2,1-2H3;3*1-2H3. The van der Waals surface area contributed by atoms with Crippen LogP contribution in [0.3, 0.4) is 0 Å². The molecule has 4 N–H and O–H groups in total. The van der Waals surface area contributed by atoms with Crippen molar-refractivity contribution in [3.63, 3.8) is 0 Å². The van der Waals surface area contributed by atoms with Crippen LogP contribution in [0.4, 0.5) is 0 Å². The number of amides is 4. The van der Waals surface area contributed by atoms with Crippen LogP contribution in [-0.2, 0) is 34.8 Å². The van der Waals surface area contributed by atoms with Gasteiger partial charge in [0.1, 0.15) is 6.04 Å². The van der Waals surface area contributed by atoms with Gasteiger partial charge in [0.15, 0.2) is 0 Å². The van der Waals surface area contributed by atoms with Crippen molar-refractivity contribution in [2.45, 2.75) is 198 Å². The molecule has 12 heteroatoms. The Kier molecular flexibility index (Phi) is 55.5. The predicted molar refractivity (Wildman–Crippen MR) is 248 cm³/mol. The second kappa shape index (κ2) is 47.8. The predicted octanol–water partition coefficient (Wildman–Crippen LogP) is 8.77. The first-order valence-corrected chi connectivity index (χ1v) is 23.8. The van der Waals surface area contributed by atoms with E-state index in [1.165, 1.54) is 36.7 Å². The smallest absolute Gasteiger partial charge is 0.289 e. The summed E-state index contributed by atoms with van der Waals surface area (Å²) in [7, 11) is 0.842. The molecule has 2 rings (SSSR count). The number of ketones is 1. The average molecular weight is 834 g/mol. The van der Waals surface area contributed by atoms with E-state index in [1.807, 2.05) is 48.5 Å². The van der Waals surface area contributed by atoms with E-state index in [2.05, 4.69) is 90.2 Å². The Morgan fingerprint density at radius 3 is 1.72 bits per heavy atom. The number of unbranched alkanes of at least 4 members (excludes halogenated alkanes) is 1. The van der Waals surface area contributed by atoms with E-state index >= 15 is 0 Å². The first-order chi connectivity index (χ1) is 27.2. The van der Waals surface area contributed by atoms with Gasteiger partial charge < -0.3 is 26.2 Å². The monoisotopic (exact) mass is 834 g/mol. The second-order valence-electron chi connectivity index (χ2n) is 13.9. The molecule has 1 aliphatic carbocycles. The van der Waals surface area contributed by atoms with E-state index < -0.39 is 34.4 Å². The van der Waals surface area contributed by atoms with Gasteiger partial charge in [0, 0.05) is 29.6 Å². The highest BCUT2D eigenvalue weighted by molar-refractivity contribution is 7.85. The van der Waals surface area contributed by atoms with Crippen LogP contribution in [0.1, 0.15) is 181 Å². The molecule has 2 aliphatic rings. The fourth-order valence-corrected chi connectivity index (χ4v) is 7.39. The summed E-state index contributed by atoms with van der Waals surface area (Å²) in [4.78, 5) is 59.7. The first-order valence-electron chi connectivity index (χ1n) is 22.4. The van der Waals surface area contributed by atoms with Crippen molar-refractivity contribution in [3.05, 3.63) is 12.7 Å². The quantitative estimate of drug-likeness (QED) is 0.0689. The third-order valence-electron chi connectivity index (χ3n) is 8.00. The van der Waals surface area contributed by atoms with Crippen molar-refractivity contribution in [2.75, 3.05) is 39.0 Å². The number of carbonyl (C=O) groups is 5. The molecule has 4 atom stereocenters. The Morgan fingerprint density at radius 1 is 0.842 bits per heavy atom. The number of carbonyl (C=O) groups excluding carboxylic acids is 5. The number of likely N-dealkylation sites (N-methyl/N-ethyl adjacent to an activating group) is 1. The molecule has 0 aromatic heterocycles. The van der Waals surface area contributed by atoms with E-state index in [-0.39, 0.29) is 42.2 Å². The van der Waals surface area contributed by atoms with Gasteiger partial charge in [-0.15, -0.1) is 6.58 Å². The zero-order valence-corrected chi connectivity index (χ0v) is 41.1. The highest BCUT2D eigenvalue weighted by Gasteiger charge is 2.41. The van der Waals surface area contributed by atoms with Crippen LogP contribution in [-0.4, -0.2) is 94.8 Å². The lowest BCUT2D eigenvalue weighted by Gasteiger charge is -2.42. The van der Waals surface area contributed by atoms with Gasteiger partial charge in [0.2, 0.25) is 24.0 Å². The average Bonchev–Trinajstić information content (AvgIpc) is 3.61. The molecule has 0 aromatic carbocycles. The van der Waals surface area contributed by atoms with E-state index in [9.17, 15) is 28.2 Å². The fourth-order valence-electron chi connectivity index (χ4n) is 5.53. The summed E-state index contributed by atoms with van der Waals surface area (Å²) in [6.45, 7) is 37.0. The molecule has 1 saturated carbocycles. The minimum absolute atomic E-state index is 0.000463. The van der Waals surface area contributed by atoms with Crippen molar-refractivity contribution in [3.8, 4) is 0 Å². The normalized spacial score (nSPS) is 16.6.